The highest BCUT2D eigenvalue weighted by Crippen LogP contribution is 2.52. The second-order valence-electron chi connectivity index (χ2n) is 10.4. The van der Waals surface area contributed by atoms with E-state index in [4.69, 9.17) is 14.2 Å². The van der Waals surface area contributed by atoms with Gasteiger partial charge in [0.25, 0.3) is 0 Å². The number of benzene rings is 2. The van der Waals surface area contributed by atoms with Crippen LogP contribution in [0.15, 0.2) is 36.0 Å². The summed E-state index contributed by atoms with van der Waals surface area (Å²) in [5.41, 5.74) is 0.709. The van der Waals surface area contributed by atoms with Gasteiger partial charge in [-0.15, -0.1) is 0 Å². The summed E-state index contributed by atoms with van der Waals surface area (Å²) in [6, 6.07) is 6.32. The number of ether oxygens (including phenoxy) is 3. The lowest BCUT2D eigenvalue weighted by Crippen LogP contribution is -2.49. The molecule has 6 rings (SSSR count). The fraction of sp³-hybridized carbons (Fsp3) is 0.393. The number of aliphatic hydroxyl groups is 3. The molecule has 0 bridgehead atoms. The van der Waals surface area contributed by atoms with Crippen LogP contribution in [0.2, 0.25) is 0 Å². The molecule has 0 saturated carbocycles. The Balaban J connectivity index is 1.52. The maximum atomic E-state index is 14.3. The largest absolute Gasteiger partial charge is 0.507 e. The second kappa shape index (κ2) is 8.88. The summed E-state index contributed by atoms with van der Waals surface area (Å²) in [7, 11) is 0. The Morgan fingerprint density at radius 3 is 2.54 bits per heavy atom. The zero-order chi connectivity index (χ0) is 27.9. The van der Waals surface area contributed by atoms with Crippen LogP contribution in [0.1, 0.15) is 63.9 Å². The molecule has 2 fully saturated rings. The molecular formula is C28H27NO10. The molecule has 1 aliphatic carbocycles. The molecule has 11 nitrogen and oxygen atoms in total. The molecule has 2 unspecified atom stereocenters. The quantitative estimate of drug-likeness (QED) is 0.418. The second-order valence-corrected chi connectivity index (χ2v) is 10.4. The molecule has 204 valence electrons. The fourth-order valence-electron chi connectivity index (χ4n) is 5.90. The van der Waals surface area contributed by atoms with Crippen molar-refractivity contribution >= 4 is 23.1 Å². The minimum absolute atomic E-state index is 0.00806. The first kappa shape index (κ1) is 25.5. The number of aliphatic hydroxyl groups excluding tert-OH is 3. The van der Waals surface area contributed by atoms with Crippen molar-refractivity contribution in [3.05, 3.63) is 63.8 Å². The smallest absolute Gasteiger partial charge is 0.333 e. The normalized spacial score (nSPS) is 30.3. The fourth-order valence-corrected chi connectivity index (χ4v) is 5.90. The number of aryl methyl sites for hydroxylation is 1. The molecule has 2 aromatic carbocycles. The number of Topliss-reactive ketones (excluding diaryl/α,β-unsaturated/α-hetero) is 2. The van der Waals surface area contributed by atoms with Crippen LogP contribution in [-0.4, -0.2) is 79.6 Å². The number of hydrogen-bond donors (Lipinski definition) is 4. The Morgan fingerprint density at radius 1 is 1.10 bits per heavy atom. The highest BCUT2D eigenvalue weighted by molar-refractivity contribution is 6.41. The van der Waals surface area contributed by atoms with Gasteiger partial charge >= 0.3 is 5.97 Å². The van der Waals surface area contributed by atoms with Gasteiger partial charge in [-0.2, -0.15) is 0 Å². The molecule has 2 saturated heterocycles. The number of carbonyl (C=O) groups excluding carboxylic acids is 3. The van der Waals surface area contributed by atoms with Crippen molar-refractivity contribution in [2.45, 2.75) is 70.2 Å². The number of rotatable bonds is 3. The highest BCUT2D eigenvalue weighted by atomic mass is 16.7. The van der Waals surface area contributed by atoms with Gasteiger partial charge in [-0.3, -0.25) is 9.59 Å². The molecule has 39 heavy (non-hydrogen) atoms. The minimum Gasteiger partial charge on any atom is -0.507 e. The van der Waals surface area contributed by atoms with Gasteiger partial charge in [-0.1, -0.05) is 12.1 Å². The molecule has 0 radical (unpaired) electrons. The molecule has 0 spiro atoms. The van der Waals surface area contributed by atoms with Crippen LogP contribution in [0.4, 0.5) is 0 Å². The number of aromatic hydroxyl groups is 1. The summed E-state index contributed by atoms with van der Waals surface area (Å²) < 4.78 is 17.2. The maximum Gasteiger partial charge on any atom is 0.333 e. The Morgan fingerprint density at radius 2 is 1.85 bits per heavy atom. The zero-order valence-corrected chi connectivity index (χ0v) is 21.3. The topological polar surface area (TPSA) is 163 Å². The molecule has 4 aliphatic rings. The summed E-state index contributed by atoms with van der Waals surface area (Å²) in [6.45, 7) is 4.69. The van der Waals surface area contributed by atoms with E-state index in [-0.39, 0.29) is 45.9 Å². The first-order valence-electron chi connectivity index (χ1n) is 12.6. The Bertz CT molecular complexity index is 1450. The Hall–Kier alpha value is -3.77. The number of phenols is 1. The van der Waals surface area contributed by atoms with E-state index in [0.29, 0.717) is 11.1 Å². The standard InChI is InChI=1S/C28H27NO10/c1-10-7-14-19(15(31)8-10)21-23(29-22(11(2)30)28(36)39-27(14)29)26(35)20-13(25(21)34)5-4-6-17(20)38-18-9-16(32)24(33)12(3)37-18/h4-8,11-12,16,18,22,24,27,30-33H,9H2,1-3H3/t11?,12-,16+,18?,22-,24-,27+/m0/s1. The molecule has 0 amide bonds. The predicted molar refractivity (Wildman–Crippen MR) is 133 cm³/mol. The van der Waals surface area contributed by atoms with Crippen LogP contribution >= 0.6 is 0 Å². The Labute approximate surface area is 222 Å². The third-order valence-electron chi connectivity index (χ3n) is 7.66. The van der Waals surface area contributed by atoms with E-state index < -0.39 is 60.5 Å². The summed E-state index contributed by atoms with van der Waals surface area (Å²) >= 11 is 0. The van der Waals surface area contributed by atoms with Crippen molar-refractivity contribution in [3.8, 4) is 11.5 Å². The van der Waals surface area contributed by atoms with Crippen molar-refractivity contribution in [1.29, 1.82) is 0 Å². The minimum atomic E-state index is -1.28. The van der Waals surface area contributed by atoms with Crippen LogP contribution in [0.3, 0.4) is 0 Å². The van der Waals surface area contributed by atoms with Crippen molar-refractivity contribution in [1.82, 2.24) is 4.90 Å². The van der Waals surface area contributed by atoms with Crippen molar-refractivity contribution in [3.63, 3.8) is 0 Å². The van der Waals surface area contributed by atoms with Crippen molar-refractivity contribution in [2.24, 2.45) is 0 Å². The van der Waals surface area contributed by atoms with Crippen LogP contribution in [0, 0.1) is 6.92 Å². The zero-order valence-electron chi connectivity index (χ0n) is 21.3. The van der Waals surface area contributed by atoms with E-state index in [2.05, 4.69) is 0 Å². The molecule has 4 N–H and O–H groups in total. The molecule has 3 heterocycles. The summed E-state index contributed by atoms with van der Waals surface area (Å²) in [6.07, 6.45) is -6.47. The number of ketones is 2. The third-order valence-corrected chi connectivity index (χ3v) is 7.66. The molecule has 3 aliphatic heterocycles. The average Bonchev–Trinajstić information content (AvgIpc) is 3.22. The average molecular weight is 538 g/mol. The highest BCUT2D eigenvalue weighted by Gasteiger charge is 2.55. The van der Waals surface area contributed by atoms with Crippen LogP contribution < -0.4 is 4.74 Å². The van der Waals surface area contributed by atoms with Gasteiger partial charge in [0.05, 0.1) is 29.4 Å². The number of nitrogens with zero attached hydrogens (tertiary/aromatic N) is 1. The van der Waals surface area contributed by atoms with Gasteiger partial charge in [-0.25, -0.2) is 4.79 Å². The molecule has 11 heteroatoms. The first-order chi connectivity index (χ1) is 18.5. The van der Waals surface area contributed by atoms with Crippen LogP contribution in [0.25, 0.3) is 5.57 Å². The number of fused-ring (bicyclic) bond motifs is 6. The monoisotopic (exact) mass is 537 g/mol. The Kier molecular flexibility index (Phi) is 5.81. The van der Waals surface area contributed by atoms with Crippen LogP contribution in [-0.2, 0) is 14.3 Å². The SMILES string of the molecule is Cc1cc(O)c2c(c1)[C@H]1OC(=O)[C@H](C(C)O)N1C1=C2C(=O)c2cccc(OC3C[C@@H](O)[C@@H](O)[C@H](C)O3)c2C1=O. The molecular weight excluding hydrogens is 510 g/mol. The van der Waals surface area contributed by atoms with Gasteiger partial charge in [0, 0.05) is 23.1 Å². The number of phenolic OH excluding ortho intramolecular Hbond substituents is 1. The van der Waals surface area contributed by atoms with E-state index >= 15 is 0 Å². The van der Waals surface area contributed by atoms with Gasteiger partial charge in [0.15, 0.2) is 11.8 Å². The lowest BCUT2D eigenvalue weighted by molar-refractivity contribution is -0.216. The van der Waals surface area contributed by atoms with E-state index in [0.717, 1.165) is 0 Å². The van der Waals surface area contributed by atoms with Gasteiger partial charge in [0.2, 0.25) is 18.3 Å². The lowest BCUT2D eigenvalue weighted by Gasteiger charge is -2.40. The molecule has 2 aromatic rings. The number of esters is 1. The summed E-state index contributed by atoms with van der Waals surface area (Å²) in [5, 5.41) is 41.6. The lowest BCUT2D eigenvalue weighted by atomic mass is 9.78. The first-order valence-corrected chi connectivity index (χ1v) is 12.6. The summed E-state index contributed by atoms with van der Waals surface area (Å²) in [4.78, 5) is 42.5. The van der Waals surface area contributed by atoms with Gasteiger partial charge in [0.1, 0.15) is 23.3 Å². The van der Waals surface area contributed by atoms with Gasteiger partial charge in [-0.05, 0) is 44.5 Å². The third kappa shape index (κ3) is 3.69. The maximum absolute atomic E-state index is 14.3. The van der Waals surface area contributed by atoms with E-state index in [1.165, 1.54) is 36.1 Å². The predicted octanol–water partition coefficient (Wildman–Crippen LogP) is 1.35. The van der Waals surface area contributed by atoms with Crippen LogP contribution in [0.5, 0.6) is 11.5 Å². The van der Waals surface area contributed by atoms with E-state index in [1.54, 1.807) is 19.9 Å². The van der Waals surface area contributed by atoms with Crippen molar-refractivity contribution in [2.75, 3.05) is 0 Å². The number of allylic oxidation sites excluding steroid dienone is 2. The summed E-state index contributed by atoms with van der Waals surface area (Å²) in [5.74, 6) is -2.26. The number of hydrogen-bond acceptors (Lipinski definition) is 11. The molecule has 7 atom stereocenters. The van der Waals surface area contributed by atoms with Crippen molar-refractivity contribution < 1.29 is 49.0 Å². The molecule has 0 aromatic heterocycles. The van der Waals surface area contributed by atoms with E-state index in [9.17, 15) is 34.8 Å². The van der Waals surface area contributed by atoms with Gasteiger partial charge < -0.3 is 39.5 Å². The van der Waals surface area contributed by atoms with E-state index in [1.807, 2.05) is 0 Å². The number of carbonyl (C=O) groups is 3.